The smallest absolute Gasteiger partial charge is 0.0412 e. The van der Waals surface area contributed by atoms with Crippen LogP contribution in [-0.2, 0) is 0 Å². The topological polar surface area (TPSA) is 0 Å². The highest BCUT2D eigenvalue weighted by Crippen LogP contribution is 2.15. The van der Waals surface area contributed by atoms with Gasteiger partial charge in [-0.3, -0.25) is 0 Å². The predicted molar refractivity (Wildman–Crippen MR) is 73.4 cm³/mol. The second-order valence-electron chi connectivity index (χ2n) is 3.35. The van der Waals surface area contributed by atoms with Crippen molar-refractivity contribution in [2.24, 2.45) is 0 Å². The van der Waals surface area contributed by atoms with E-state index >= 15 is 0 Å². The van der Waals surface area contributed by atoms with E-state index in [0.717, 1.165) is 20.6 Å². The monoisotopic (exact) mass is 291 g/mol. The molecule has 79 valence electrons. The number of benzene rings is 2. The zero-order valence-electron chi connectivity index (χ0n) is 8.45. The van der Waals surface area contributed by atoms with Crippen molar-refractivity contribution in [1.82, 2.24) is 0 Å². The van der Waals surface area contributed by atoms with Crippen LogP contribution >= 0.6 is 27.5 Å². The summed E-state index contributed by atoms with van der Waals surface area (Å²) < 4.78 is 1.08. The van der Waals surface area contributed by atoms with Gasteiger partial charge in [0.15, 0.2) is 0 Å². The molecule has 0 fully saturated rings. The molecular formula is C14H9BrCl. The Morgan fingerprint density at radius 1 is 1.06 bits per heavy atom. The molecule has 0 N–H and O–H groups in total. The van der Waals surface area contributed by atoms with Crippen LogP contribution in [0, 0.1) is 6.07 Å². The second-order valence-corrected chi connectivity index (χ2v) is 4.70. The Balaban J connectivity index is 2.18. The average molecular weight is 293 g/mol. The first kappa shape index (κ1) is 11.4. The summed E-state index contributed by atoms with van der Waals surface area (Å²) in [5.41, 5.74) is 2.13. The fourth-order valence-corrected chi connectivity index (χ4v) is 1.76. The first-order valence-electron chi connectivity index (χ1n) is 4.85. The Bertz CT molecular complexity index is 500. The van der Waals surface area contributed by atoms with E-state index in [9.17, 15) is 0 Å². The fraction of sp³-hybridized carbons (Fsp3) is 0. The lowest BCUT2D eigenvalue weighted by molar-refractivity contribution is 1.61. The molecule has 16 heavy (non-hydrogen) atoms. The van der Waals surface area contributed by atoms with Crippen LogP contribution in [0.15, 0.2) is 46.9 Å². The maximum Gasteiger partial charge on any atom is 0.0412 e. The molecule has 0 atom stereocenters. The highest BCUT2D eigenvalue weighted by molar-refractivity contribution is 9.10. The standard InChI is InChI=1S/C14H9BrCl/c15-13-8-6-11(7-9-13)4-5-12-2-1-3-14(16)10-12/h1,3-10H/b5-4+. The van der Waals surface area contributed by atoms with E-state index in [0.29, 0.717) is 0 Å². The molecule has 0 nitrogen and oxygen atoms in total. The van der Waals surface area contributed by atoms with E-state index in [1.165, 1.54) is 0 Å². The molecule has 2 heteroatoms. The third kappa shape index (κ3) is 3.22. The van der Waals surface area contributed by atoms with E-state index in [1.807, 2.05) is 54.6 Å². The van der Waals surface area contributed by atoms with Gasteiger partial charge in [0, 0.05) is 9.50 Å². The van der Waals surface area contributed by atoms with Crippen molar-refractivity contribution in [3.05, 3.63) is 69.2 Å². The van der Waals surface area contributed by atoms with Crippen molar-refractivity contribution in [1.29, 1.82) is 0 Å². The van der Waals surface area contributed by atoms with Crippen LogP contribution in [0.2, 0.25) is 5.02 Å². The summed E-state index contributed by atoms with van der Waals surface area (Å²) in [7, 11) is 0. The van der Waals surface area contributed by atoms with Crippen molar-refractivity contribution in [3.63, 3.8) is 0 Å². The highest BCUT2D eigenvalue weighted by Gasteiger charge is 1.90. The van der Waals surface area contributed by atoms with Gasteiger partial charge in [-0.15, -0.1) is 0 Å². The number of rotatable bonds is 2. The molecule has 0 aliphatic rings. The number of halogens is 2. The zero-order valence-corrected chi connectivity index (χ0v) is 10.8. The third-order valence-electron chi connectivity index (χ3n) is 2.11. The molecule has 1 radical (unpaired) electrons. The van der Waals surface area contributed by atoms with Gasteiger partial charge in [0.2, 0.25) is 0 Å². The van der Waals surface area contributed by atoms with Gasteiger partial charge in [-0.2, -0.15) is 0 Å². The third-order valence-corrected chi connectivity index (χ3v) is 2.88. The van der Waals surface area contributed by atoms with Crippen LogP contribution in [0.3, 0.4) is 0 Å². The summed E-state index contributed by atoms with van der Waals surface area (Å²) in [4.78, 5) is 0. The van der Waals surface area contributed by atoms with Crippen molar-refractivity contribution < 1.29 is 0 Å². The largest absolute Gasteiger partial charge is 0.0843 e. The van der Waals surface area contributed by atoms with Gasteiger partial charge in [-0.1, -0.05) is 57.9 Å². The first-order chi connectivity index (χ1) is 7.74. The average Bonchev–Trinajstić information content (AvgIpc) is 2.28. The molecule has 2 aromatic carbocycles. The molecule has 0 aliphatic heterocycles. The van der Waals surface area contributed by atoms with Gasteiger partial charge in [0.05, 0.1) is 0 Å². The summed E-state index contributed by atoms with van der Waals surface area (Å²) in [5.74, 6) is 0. The van der Waals surface area contributed by atoms with Crippen LogP contribution in [0.5, 0.6) is 0 Å². The van der Waals surface area contributed by atoms with Gasteiger partial charge in [0.25, 0.3) is 0 Å². The summed E-state index contributed by atoms with van der Waals surface area (Å²) in [5, 5.41) is 0.731. The zero-order chi connectivity index (χ0) is 11.4. The SMILES string of the molecule is Clc1cc[c]c(/C=C/c2ccc(Br)cc2)c1. The molecule has 0 amide bonds. The van der Waals surface area contributed by atoms with Crippen molar-refractivity contribution >= 4 is 39.7 Å². The van der Waals surface area contributed by atoms with Crippen molar-refractivity contribution in [3.8, 4) is 0 Å². The lowest BCUT2D eigenvalue weighted by Crippen LogP contribution is -1.73. The van der Waals surface area contributed by atoms with Crippen LogP contribution in [0.1, 0.15) is 11.1 Å². The predicted octanol–water partition coefficient (Wildman–Crippen LogP) is 5.07. The van der Waals surface area contributed by atoms with Gasteiger partial charge >= 0.3 is 0 Å². The van der Waals surface area contributed by atoms with E-state index in [2.05, 4.69) is 22.0 Å². The number of hydrogen-bond donors (Lipinski definition) is 0. The molecule has 0 aliphatic carbocycles. The van der Waals surface area contributed by atoms with Crippen LogP contribution < -0.4 is 0 Å². The Kier molecular flexibility index (Phi) is 3.81. The summed E-state index contributed by atoms with van der Waals surface area (Å²) in [6.07, 6.45) is 4.03. The van der Waals surface area contributed by atoms with E-state index in [-0.39, 0.29) is 0 Å². The van der Waals surface area contributed by atoms with E-state index in [4.69, 9.17) is 11.6 Å². The quantitative estimate of drug-likeness (QED) is 0.678. The van der Waals surface area contributed by atoms with Crippen LogP contribution in [-0.4, -0.2) is 0 Å². The van der Waals surface area contributed by atoms with Gasteiger partial charge in [-0.05, 0) is 41.5 Å². The Morgan fingerprint density at radius 2 is 1.81 bits per heavy atom. The summed E-state index contributed by atoms with van der Waals surface area (Å²) in [6, 6.07) is 16.8. The van der Waals surface area contributed by atoms with Crippen LogP contribution in [0.25, 0.3) is 12.2 Å². The van der Waals surface area contributed by atoms with Crippen molar-refractivity contribution in [2.75, 3.05) is 0 Å². The maximum atomic E-state index is 5.89. The highest BCUT2D eigenvalue weighted by atomic mass is 79.9. The molecule has 0 saturated heterocycles. The molecule has 2 aromatic rings. The van der Waals surface area contributed by atoms with E-state index in [1.54, 1.807) is 0 Å². The Labute approximate surface area is 109 Å². The normalized spacial score (nSPS) is 10.9. The second kappa shape index (κ2) is 5.33. The van der Waals surface area contributed by atoms with Gasteiger partial charge in [-0.25, -0.2) is 0 Å². The van der Waals surface area contributed by atoms with Crippen molar-refractivity contribution in [2.45, 2.75) is 0 Å². The fourth-order valence-electron chi connectivity index (χ4n) is 1.31. The molecule has 0 saturated carbocycles. The van der Waals surface area contributed by atoms with Gasteiger partial charge < -0.3 is 0 Å². The molecular weight excluding hydrogens is 284 g/mol. The minimum absolute atomic E-state index is 0.731. The van der Waals surface area contributed by atoms with E-state index < -0.39 is 0 Å². The Morgan fingerprint density at radius 3 is 2.50 bits per heavy atom. The summed E-state index contributed by atoms with van der Waals surface area (Å²) >= 11 is 9.29. The first-order valence-corrected chi connectivity index (χ1v) is 6.02. The number of hydrogen-bond acceptors (Lipinski definition) is 0. The molecule has 0 unspecified atom stereocenters. The molecule has 2 rings (SSSR count). The minimum Gasteiger partial charge on any atom is -0.0843 e. The molecule has 0 spiro atoms. The lowest BCUT2D eigenvalue weighted by atomic mass is 10.1. The lowest BCUT2D eigenvalue weighted by Gasteiger charge is -1.95. The molecule has 0 aromatic heterocycles. The molecule has 0 heterocycles. The Hall–Kier alpha value is -1.05. The molecule has 0 bridgehead atoms. The summed E-state index contributed by atoms with van der Waals surface area (Å²) in [6.45, 7) is 0. The van der Waals surface area contributed by atoms with Crippen LogP contribution in [0.4, 0.5) is 0 Å². The maximum absolute atomic E-state index is 5.89. The van der Waals surface area contributed by atoms with Gasteiger partial charge in [0.1, 0.15) is 0 Å². The minimum atomic E-state index is 0.731.